The summed E-state index contributed by atoms with van der Waals surface area (Å²) in [5.74, 6) is 0.927. The van der Waals surface area contributed by atoms with Gasteiger partial charge in [0.25, 0.3) is 5.95 Å². The van der Waals surface area contributed by atoms with Crippen molar-refractivity contribution in [2.45, 2.75) is 40.5 Å². The Kier molecular flexibility index (Phi) is 4.54. The fourth-order valence-electron chi connectivity index (χ4n) is 2.13. The fourth-order valence-corrected chi connectivity index (χ4v) is 2.29. The van der Waals surface area contributed by atoms with Gasteiger partial charge in [-0.05, 0) is 43.9 Å². The number of aromatic nitrogens is 5. The molecule has 0 amide bonds. The predicted molar refractivity (Wildman–Crippen MR) is 79.6 cm³/mol. The average molecular weight is 295 g/mol. The van der Waals surface area contributed by atoms with Crippen molar-refractivity contribution in [1.82, 2.24) is 24.7 Å². The molecule has 0 saturated heterocycles. The lowest BCUT2D eigenvalue weighted by molar-refractivity contribution is 0.762. The van der Waals surface area contributed by atoms with Gasteiger partial charge in [-0.15, -0.1) is 0 Å². The average Bonchev–Trinajstić information content (AvgIpc) is 2.70. The van der Waals surface area contributed by atoms with Crippen LogP contribution in [0.4, 0.5) is 5.95 Å². The summed E-state index contributed by atoms with van der Waals surface area (Å²) in [6.07, 6.45) is 1.91. The molecule has 6 nitrogen and oxygen atoms in total. The summed E-state index contributed by atoms with van der Waals surface area (Å²) in [5.41, 5.74) is 3.24. The Hall–Kier alpha value is -1.69. The second-order valence-electron chi connectivity index (χ2n) is 4.57. The summed E-state index contributed by atoms with van der Waals surface area (Å²) >= 11 is 5.97. The minimum absolute atomic E-state index is 0.166. The van der Waals surface area contributed by atoms with Crippen LogP contribution in [-0.2, 0) is 6.42 Å². The summed E-state index contributed by atoms with van der Waals surface area (Å²) < 4.78 is 1.72. The Morgan fingerprint density at radius 2 is 1.90 bits per heavy atom. The maximum atomic E-state index is 5.97. The van der Waals surface area contributed by atoms with E-state index in [1.807, 2.05) is 13.8 Å². The van der Waals surface area contributed by atoms with E-state index in [0.29, 0.717) is 11.9 Å². The number of aryl methyl sites for hydroxylation is 1. The predicted octanol–water partition coefficient (Wildman–Crippen LogP) is 2.71. The molecule has 2 rings (SSSR count). The van der Waals surface area contributed by atoms with Crippen molar-refractivity contribution < 1.29 is 0 Å². The number of hydrogen-bond donors (Lipinski definition) is 1. The molecule has 0 aliphatic carbocycles. The second kappa shape index (κ2) is 6.17. The monoisotopic (exact) mass is 294 g/mol. The first-order valence-corrected chi connectivity index (χ1v) is 7.15. The van der Waals surface area contributed by atoms with Gasteiger partial charge < -0.3 is 5.32 Å². The van der Waals surface area contributed by atoms with Crippen LogP contribution < -0.4 is 5.32 Å². The Balaban J connectivity index is 2.44. The maximum Gasteiger partial charge on any atom is 0.256 e. The molecule has 1 N–H and O–H groups in total. The van der Waals surface area contributed by atoms with Crippen molar-refractivity contribution in [1.29, 1.82) is 0 Å². The van der Waals surface area contributed by atoms with E-state index in [1.165, 1.54) is 5.56 Å². The Labute approximate surface area is 123 Å². The van der Waals surface area contributed by atoms with Gasteiger partial charge in [0, 0.05) is 12.2 Å². The van der Waals surface area contributed by atoms with Gasteiger partial charge in [-0.3, -0.25) is 0 Å². The van der Waals surface area contributed by atoms with Crippen LogP contribution in [0.3, 0.4) is 0 Å². The maximum absolute atomic E-state index is 5.97. The van der Waals surface area contributed by atoms with Crippen molar-refractivity contribution in [2.24, 2.45) is 0 Å². The van der Waals surface area contributed by atoms with E-state index in [2.05, 4.69) is 39.2 Å². The molecule has 108 valence electrons. The summed E-state index contributed by atoms with van der Waals surface area (Å²) in [6, 6.07) is 0. The van der Waals surface area contributed by atoms with Crippen LogP contribution in [-0.4, -0.2) is 31.3 Å². The molecule has 20 heavy (non-hydrogen) atoms. The standard InChI is InChI=1S/C13H19ClN6/c1-5-7-15-12-16-11(14)17-13(18-12)20-9(4)10(6-2)8(3)19-20/h5-7H2,1-4H3,(H,15,16,17,18). The summed E-state index contributed by atoms with van der Waals surface area (Å²) in [4.78, 5) is 12.6. The fraction of sp³-hybridized carbons (Fsp3) is 0.538. The molecule has 0 saturated carbocycles. The largest absolute Gasteiger partial charge is 0.354 e. The number of nitrogens with one attached hydrogen (secondary N) is 1. The zero-order valence-corrected chi connectivity index (χ0v) is 13.0. The van der Waals surface area contributed by atoms with Crippen molar-refractivity contribution in [3.63, 3.8) is 0 Å². The molecule has 0 atom stereocenters. The van der Waals surface area contributed by atoms with Crippen LogP contribution >= 0.6 is 11.6 Å². The smallest absolute Gasteiger partial charge is 0.256 e. The van der Waals surface area contributed by atoms with Crippen LogP contribution in [0.25, 0.3) is 5.95 Å². The first kappa shape index (κ1) is 14.7. The van der Waals surface area contributed by atoms with Gasteiger partial charge in [0.15, 0.2) is 0 Å². The Bertz CT molecular complexity index is 607. The van der Waals surface area contributed by atoms with Crippen molar-refractivity contribution in [2.75, 3.05) is 11.9 Å². The first-order chi connectivity index (χ1) is 9.56. The molecule has 2 aromatic heterocycles. The number of hydrogen-bond acceptors (Lipinski definition) is 5. The Morgan fingerprint density at radius 3 is 2.50 bits per heavy atom. The van der Waals surface area contributed by atoms with E-state index in [1.54, 1.807) is 4.68 Å². The van der Waals surface area contributed by atoms with Crippen LogP contribution in [0.5, 0.6) is 0 Å². The van der Waals surface area contributed by atoms with Gasteiger partial charge in [-0.2, -0.15) is 20.1 Å². The minimum Gasteiger partial charge on any atom is -0.354 e. The molecule has 2 heterocycles. The van der Waals surface area contributed by atoms with Crippen molar-refractivity contribution in [3.05, 3.63) is 22.2 Å². The molecule has 0 bridgehead atoms. The third kappa shape index (κ3) is 2.90. The zero-order valence-electron chi connectivity index (χ0n) is 12.2. The highest BCUT2D eigenvalue weighted by Crippen LogP contribution is 2.17. The molecule has 0 spiro atoms. The van der Waals surface area contributed by atoms with E-state index < -0.39 is 0 Å². The van der Waals surface area contributed by atoms with E-state index in [4.69, 9.17) is 11.6 Å². The molecule has 0 aliphatic heterocycles. The third-order valence-corrected chi connectivity index (χ3v) is 3.28. The molecule has 0 aromatic carbocycles. The molecule has 0 radical (unpaired) electrons. The minimum atomic E-state index is 0.166. The molecular formula is C13H19ClN6. The quantitative estimate of drug-likeness (QED) is 0.918. The van der Waals surface area contributed by atoms with E-state index in [9.17, 15) is 0 Å². The van der Waals surface area contributed by atoms with Gasteiger partial charge in [0.1, 0.15) is 0 Å². The zero-order chi connectivity index (χ0) is 14.7. The molecule has 2 aromatic rings. The summed E-state index contributed by atoms with van der Waals surface area (Å²) in [6.45, 7) is 8.97. The van der Waals surface area contributed by atoms with Gasteiger partial charge in [-0.25, -0.2) is 4.68 Å². The van der Waals surface area contributed by atoms with E-state index >= 15 is 0 Å². The highest BCUT2D eigenvalue weighted by molar-refractivity contribution is 6.28. The Morgan fingerprint density at radius 1 is 1.15 bits per heavy atom. The SMILES string of the molecule is CCCNc1nc(Cl)nc(-n2nc(C)c(CC)c2C)n1. The molecule has 0 unspecified atom stereocenters. The summed E-state index contributed by atoms with van der Waals surface area (Å²) in [7, 11) is 0. The van der Waals surface area contributed by atoms with Crippen LogP contribution in [0.2, 0.25) is 5.28 Å². The molecular weight excluding hydrogens is 276 g/mol. The van der Waals surface area contributed by atoms with Crippen molar-refractivity contribution >= 4 is 17.5 Å². The van der Waals surface area contributed by atoms with Gasteiger partial charge >= 0.3 is 0 Å². The van der Waals surface area contributed by atoms with E-state index in [0.717, 1.165) is 30.8 Å². The lowest BCUT2D eigenvalue weighted by Crippen LogP contribution is -2.11. The van der Waals surface area contributed by atoms with Gasteiger partial charge in [0.05, 0.1) is 5.69 Å². The van der Waals surface area contributed by atoms with Gasteiger partial charge in [-0.1, -0.05) is 13.8 Å². The van der Waals surface area contributed by atoms with Crippen LogP contribution in [0.15, 0.2) is 0 Å². The highest BCUT2D eigenvalue weighted by atomic mass is 35.5. The lowest BCUT2D eigenvalue weighted by atomic mass is 10.1. The van der Waals surface area contributed by atoms with Crippen LogP contribution in [0.1, 0.15) is 37.2 Å². The first-order valence-electron chi connectivity index (χ1n) is 6.77. The highest BCUT2D eigenvalue weighted by Gasteiger charge is 2.14. The second-order valence-corrected chi connectivity index (χ2v) is 4.91. The normalized spacial score (nSPS) is 10.8. The number of halogens is 1. The number of nitrogens with zero attached hydrogens (tertiary/aromatic N) is 5. The number of anilines is 1. The van der Waals surface area contributed by atoms with Crippen LogP contribution in [0, 0.1) is 13.8 Å². The lowest BCUT2D eigenvalue weighted by Gasteiger charge is -2.07. The van der Waals surface area contributed by atoms with Crippen molar-refractivity contribution in [3.8, 4) is 5.95 Å². The molecule has 0 fully saturated rings. The molecule has 7 heteroatoms. The van der Waals surface area contributed by atoms with Gasteiger partial charge in [0.2, 0.25) is 11.2 Å². The number of rotatable bonds is 5. The molecule has 0 aliphatic rings. The topological polar surface area (TPSA) is 68.5 Å². The third-order valence-electron chi connectivity index (χ3n) is 3.11. The summed E-state index contributed by atoms with van der Waals surface area (Å²) in [5, 5.41) is 7.77. The van der Waals surface area contributed by atoms with E-state index in [-0.39, 0.29) is 5.28 Å².